The Balaban J connectivity index is 1.48. The van der Waals surface area contributed by atoms with Crippen LogP contribution in [0.4, 0.5) is 14.6 Å². The van der Waals surface area contributed by atoms with Gasteiger partial charge in [0, 0.05) is 19.0 Å². The van der Waals surface area contributed by atoms with Gasteiger partial charge in [-0.05, 0) is 52.2 Å². The number of anilines is 1. The SMILES string of the molecule is C[C@H]1CN(C(=O)c2cc3c(cc2F)nc(N)c2cncn23)[C@H]2c3cc(F)c(Br)cc3C[C@H]2O1. The number of carbonyl (C=O) groups excluding carboxylic acids is 1. The first-order valence-corrected chi connectivity index (χ1v) is 11.3. The van der Waals surface area contributed by atoms with E-state index in [0.717, 1.165) is 5.56 Å². The molecule has 1 amide bonds. The quantitative estimate of drug-likeness (QED) is 0.415. The number of hydrogen-bond donors (Lipinski definition) is 1. The number of morpholine rings is 1. The number of amides is 1. The molecule has 7 nitrogen and oxygen atoms in total. The number of nitrogens with two attached hydrogens (primary N) is 1. The second-order valence-electron chi connectivity index (χ2n) is 8.52. The second kappa shape index (κ2) is 7.19. The molecule has 6 rings (SSSR count). The van der Waals surface area contributed by atoms with Gasteiger partial charge in [-0.1, -0.05) is 0 Å². The minimum absolute atomic E-state index is 0.0945. The number of ether oxygens (including phenoxy) is 1. The summed E-state index contributed by atoms with van der Waals surface area (Å²) in [6.45, 7) is 2.13. The van der Waals surface area contributed by atoms with Crippen LogP contribution in [-0.4, -0.2) is 43.9 Å². The summed E-state index contributed by atoms with van der Waals surface area (Å²) in [4.78, 5) is 23.6. The number of rotatable bonds is 1. The van der Waals surface area contributed by atoms with Crippen LogP contribution in [0.2, 0.25) is 0 Å². The molecule has 1 fully saturated rings. The van der Waals surface area contributed by atoms with E-state index in [0.29, 0.717) is 33.0 Å². The predicted octanol–water partition coefficient (Wildman–Crippen LogP) is 4.03. The molecule has 0 spiro atoms. The van der Waals surface area contributed by atoms with E-state index in [1.54, 1.807) is 27.9 Å². The highest BCUT2D eigenvalue weighted by Crippen LogP contribution is 2.43. The first kappa shape index (κ1) is 20.5. The van der Waals surface area contributed by atoms with Crippen LogP contribution < -0.4 is 5.73 Å². The van der Waals surface area contributed by atoms with Gasteiger partial charge in [-0.2, -0.15) is 0 Å². The number of nitrogens with zero attached hydrogens (tertiary/aromatic N) is 4. The van der Waals surface area contributed by atoms with Crippen molar-refractivity contribution in [2.45, 2.75) is 31.6 Å². The molecule has 2 aromatic heterocycles. The van der Waals surface area contributed by atoms with Crippen LogP contribution in [0, 0.1) is 11.6 Å². The number of aromatic nitrogens is 3. The fraction of sp³-hybridized carbons (Fsp3) is 0.261. The van der Waals surface area contributed by atoms with Gasteiger partial charge in [-0.3, -0.25) is 9.20 Å². The molecule has 0 radical (unpaired) electrons. The Morgan fingerprint density at radius 3 is 2.85 bits per heavy atom. The molecule has 2 aromatic carbocycles. The smallest absolute Gasteiger partial charge is 0.257 e. The molecule has 1 aliphatic heterocycles. The Hall–Kier alpha value is -3.11. The van der Waals surface area contributed by atoms with Crippen molar-refractivity contribution in [3.8, 4) is 0 Å². The monoisotopic (exact) mass is 513 g/mol. The third-order valence-electron chi connectivity index (χ3n) is 6.43. The predicted molar refractivity (Wildman–Crippen MR) is 121 cm³/mol. The fourth-order valence-electron chi connectivity index (χ4n) is 5.03. The van der Waals surface area contributed by atoms with Crippen LogP contribution in [0.25, 0.3) is 16.6 Å². The molecule has 10 heteroatoms. The van der Waals surface area contributed by atoms with Crippen molar-refractivity contribution in [3.05, 3.63) is 69.6 Å². The molecule has 1 aliphatic carbocycles. The van der Waals surface area contributed by atoms with Gasteiger partial charge >= 0.3 is 0 Å². The highest BCUT2D eigenvalue weighted by Gasteiger charge is 2.45. The van der Waals surface area contributed by atoms with Gasteiger partial charge < -0.3 is 15.4 Å². The number of imidazole rings is 1. The van der Waals surface area contributed by atoms with E-state index in [-0.39, 0.29) is 30.1 Å². The maximum Gasteiger partial charge on any atom is 0.257 e. The average Bonchev–Trinajstić information content (AvgIpc) is 3.38. The minimum atomic E-state index is -0.699. The topological polar surface area (TPSA) is 85.8 Å². The number of hydrogen-bond acceptors (Lipinski definition) is 5. The van der Waals surface area contributed by atoms with Crippen LogP contribution in [0.1, 0.15) is 34.5 Å². The van der Waals surface area contributed by atoms with Gasteiger partial charge in [0.1, 0.15) is 23.0 Å². The molecule has 1 saturated heterocycles. The van der Waals surface area contributed by atoms with E-state index in [2.05, 4.69) is 25.9 Å². The Morgan fingerprint density at radius 2 is 2.03 bits per heavy atom. The molecule has 2 N–H and O–H groups in total. The van der Waals surface area contributed by atoms with Crippen LogP contribution in [-0.2, 0) is 11.2 Å². The molecule has 0 bridgehead atoms. The summed E-state index contributed by atoms with van der Waals surface area (Å²) in [5.74, 6) is -1.38. The average molecular weight is 514 g/mol. The zero-order valence-corrected chi connectivity index (χ0v) is 19.0. The Morgan fingerprint density at radius 1 is 1.21 bits per heavy atom. The maximum atomic E-state index is 15.2. The van der Waals surface area contributed by atoms with Crippen molar-refractivity contribution < 1.29 is 18.3 Å². The van der Waals surface area contributed by atoms with Crippen molar-refractivity contribution >= 4 is 44.2 Å². The normalized spacial score (nSPS) is 22.1. The summed E-state index contributed by atoms with van der Waals surface area (Å²) in [6.07, 6.45) is 3.08. The second-order valence-corrected chi connectivity index (χ2v) is 9.38. The molecule has 3 atom stereocenters. The van der Waals surface area contributed by atoms with Crippen molar-refractivity contribution in [2.24, 2.45) is 0 Å². The minimum Gasteiger partial charge on any atom is -0.382 e. The molecule has 0 saturated carbocycles. The van der Waals surface area contributed by atoms with Gasteiger partial charge in [0.2, 0.25) is 0 Å². The van der Waals surface area contributed by atoms with E-state index >= 15 is 4.39 Å². The Labute approximate surface area is 195 Å². The lowest BCUT2D eigenvalue weighted by Gasteiger charge is -2.41. The lowest BCUT2D eigenvalue weighted by molar-refractivity contribution is -0.0938. The Kier molecular flexibility index (Phi) is 4.47. The molecule has 168 valence electrons. The highest BCUT2D eigenvalue weighted by molar-refractivity contribution is 9.10. The number of halogens is 3. The van der Waals surface area contributed by atoms with Crippen molar-refractivity contribution in [2.75, 3.05) is 12.3 Å². The number of fused-ring (bicyclic) bond motifs is 6. The van der Waals surface area contributed by atoms with E-state index in [1.165, 1.54) is 18.2 Å². The first-order chi connectivity index (χ1) is 15.8. The van der Waals surface area contributed by atoms with E-state index < -0.39 is 23.6 Å². The van der Waals surface area contributed by atoms with E-state index in [4.69, 9.17) is 10.5 Å². The molecule has 4 aromatic rings. The van der Waals surface area contributed by atoms with Gasteiger partial charge in [0.15, 0.2) is 0 Å². The summed E-state index contributed by atoms with van der Waals surface area (Å²) in [5.41, 5.74) is 8.86. The molecular weight excluding hydrogens is 496 g/mol. The zero-order chi connectivity index (χ0) is 23.0. The van der Waals surface area contributed by atoms with Crippen molar-refractivity contribution in [1.82, 2.24) is 19.3 Å². The van der Waals surface area contributed by atoms with Crippen LogP contribution in [0.5, 0.6) is 0 Å². The van der Waals surface area contributed by atoms with Crippen LogP contribution in [0.3, 0.4) is 0 Å². The molecule has 2 aliphatic rings. The summed E-state index contributed by atoms with van der Waals surface area (Å²) >= 11 is 3.23. The third kappa shape index (κ3) is 3.04. The molecule has 3 heterocycles. The van der Waals surface area contributed by atoms with Gasteiger partial charge in [0.05, 0.1) is 51.8 Å². The number of carbonyl (C=O) groups is 1. The third-order valence-corrected chi connectivity index (χ3v) is 7.04. The number of nitrogen functional groups attached to an aromatic ring is 1. The van der Waals surface area contributed by atoms with Gasteiger partial charge in [-0.25, -0.2) is 18.7 Å². The summed E-state index contributed by atoms with van der Waals surface area (Å²) in [6, 6.07) is 5.34. The molecule has 0 unspecified atom stereocenters. The lowest BCUT2D eigenvalue weighted by Crippen LogP contribution is -2.50. The number of benzene rings is 2. The molecular formula is C23H18BrF2N5O2. The first-order valence-electron chi connectivity index (χ1n) is 10.5. The van der Waals surface area contributed by atoms with Gasteiger partial charge in [0.25, 0.3) is 5.91 Å². The highest BCUT2D eigenvalue weighted by atomic mass is 79.9. The largest absolute Gasteiger partial charge is 0.382 e. The zero-order valence-electron chi connectivity index (χ0n) is 17.4. The van der Waals surface area contributed by atoms with Crippen molar-refractivity contribution in [1.29, 1.82) is 0 Å². The summed E-state index contributed by atoms with van der Waals surface area (Å²) in [7, 11) is 0. The maximum absolute atomic E-state index is 15.2. The summed E-state index contributed by atoms with van der Waals surface area (Å²) < 4.78 is 37.7. The van der Waals surface area contributed by atoms with Crippen LogP contribution in [0.15, 0.2) is 41.3 Å². The fourth-order valence-corrected chi connectivity index (χ4v) is 5.42. The lowest BCUT2D eigenvalue weighted by atomic mass is 10.0. The van der Waals surface area contributed by atoms with Crippen molar-refractivity contribution in [3.63, 3.8) is 0 Å². The van der Waals surface area contributed by atoms with Crippen LogP contribution >= 0.6 is 15.9 Å². The summed E-state index contributed by atoms with van der Waals surface area (Å²) in [5, 5.41) is 0. The van der Waals surface area contributed by atoms with E-state index in [1.807, 2.05) is 6.92 Å². The standard InChI is InChI=1S/C23H18BrF2N5O2/c1-10-8-30(21-12-4-16(26)14(24)2-11(12)3-20(21)33-10)23(32)13-5-18-17(6-15(13)25)29-22(27)19-7-28-9-31(18)19/h2,4-7,9-10,20-21H,3,8H2,1H3,(H2,27,29)/t10-,20+,21-/m0/s1. The molecule has 33 heavy (non-hydrogen) atoms. The van der Waals surface area contributed by atoms with Gasteiger partial charge in [-0.15, -0.1) is 0 Å². The Bertz CT molecular complexity index is 1470. The van der Waals surface area contributed by atoms with E-state index in [9.17, 15) is 9.18 Å².